The van der Waals surface area contributed by atoms with Crippen LogP contribution in [0.4, 0.5) is 0 Å². The second-order valence-electron chi connectivity index (χ2n) is 4.62. The smallest absolute Gasteiger partial charge is 0.339 e. The number of rotatable bonds is 4. The molecule has 2 rings (SSSR count). The van der Waals surface area contributed by atoms with Crippen LogP contribution >= 0.6 is 11.3 Å². The van der Waals surface area contributed by atoms with Crippen LogP contribution in [-0.4, -0.2) is 26.0 Å². The van der Waals surface area contributed by atoms with Crippen LogP contribution in [-0.2, 0) is 0 Å². The van der Waals surface area contributed by atoms with Crippen LogP contribution in [0.2, 0.25) is 0 Å². The lowest BCUT2D eigenvalue weighted by atomic mass is 10.1. The van der Waals surface area contributed by atoms with E-state index in [-0.39, 0.29) is 11.5 Å². The zero-order valence-corrected chi connectivity index (χ0v) is 12.3. The van der Waals surface area contributed by atoms with Gasteiger partial charge in [0.15, 0.2) is 5.82 Å². The third-order valence-electron chi connectivity index (χ3n) is 2.78. The maximum Gasteiger partial charge on any atom is 0.339 e. The monoisotopic (exact) mass is 289 g/mol. The average molecular weight is 289 g/mol. The molecular weight excluding hydrogens is 274 g/mol. The van der Waals surface area contributed by atoms with E-state index < -0.39 is 5.97 Å². The second-order valence-corrected chi connectivity index (χ2v) is 5.51. The van der Waals surface area contributed by atoms with Gasteiger partial charge in [0.2, 0.25) is 0 Å². The molecule has 2 aromatic heterocycles. The van der Waals surface area contributed by atoms with E-state index in [1.54, 1.807) is 11.6 Å². The summed E-state index contributed by atoms with van der Waals surface area (Å²) in [5.41, 5.74) is 3.44. The summed E-state index contributed by atoms with van der Waals surface area (Å²) in [5.74, 6) is -0.463. The molecule has 2 heterocycles. The summed E-state index contributed by atoms with van der Waals surface area (Å²) in [5, 5.41) is 9.12. The number of thiazole rings is 1. The molecule has 0 aliphatic carbocycles. The first-order chi connectivity index (χ1) is 9.49. The van der Waals surface area contributed by atoms with Gasteiger partial charge in [0.1, 0.15) is 0 Å². The van der Waals surface area contributed by atoms with E-state index in [0.717, 1.165) is 10.6 Å². The molecule has 5 nitrogen and oxygen atoms in total. The first-order valence-corrected chi connectivity index (χ1v) is 7.05. The number of aryl methyl sites for hydroxylation is 1. The fourth-order valence-corrected chi connectivity index (χ4v) is 2.41. The quantitative estimate of drug-likeness (QED) is 0.935. The number of carboxylic acids is 1. The van der Waals surface area contributed by atoms with Crippen molar-refractivity contribution in [1.29, 1.82) is 0 Å². The van der Waals surface area contributed by atoms with E-state index in [2.05, 4.69) is 15.0 Å². The highest BCUT2D eigenvalue weighted by atomic mass is 32.1. The maximum atomic E-state index is 11.1. The van der Waals surface area contributed by atoms with Gasteiger partial charge in [-0.2, -0.15) is 0 Å². The Balaban J connectivity index is 2.34. The Morgan fingerprint density at radius 3 is 2.65 bits per heavy atom. The summed E-state index contributed by atoms with van der Waals surface area (Å²) in [7, 11) is 0. The normalized spacial score (nSPS) is 11.4. The molecule has 0 spiro atoms. The van der Waals surface area contributed by atoms with Crippen molar-refractivity contribution in [2.24, 2.45) is 0 Å². The van der Waals surface area contributed by atoms with E-state index in [9.17, 15) is 4.79 Å². The lowest BCUT2D eigenvalue weighted by molar-refractivity contribution is 0.0694. The molecule has 0 amide bonds. The van der Waals surface area contributed by atoms with Crippen LogP contribution in [0.5, 0.6) is 0 Å². The van der Waals surface area contributed by atoms with Crippen LogP contribution in [0, 0.1) is 6.92 Å². The number of aromatic carboxylic acids is 1. The van der Waals surface area contributed by atoms with Crippen LogP contribution in [0.15, 0.2) is 11.7 Å². The molecule has 0 unspecified atom stereocenters. The third-order valence-corrected chi connectivity index (χ3v) is 3.68. The number of hydrogen-bond donors (Lipinski definition) is 1. The predicted octanol–water partition coefficient (Wildman–Crippen LogP) is 3.23. The Bertz CT molecular complexity index is 662. The van der Waals surface area contributed by atoms with Crippen molar-refractivity contribution in [3.63, 3.8) is 0 Å². The van der Waals surface area contributed by atoms with Gasteiger partial charge in [0.05, 0.1) is 22.5 Å². The van der Waals surface area contributed by atoms with E-state index in [1.807, 2.05) is 26.8 Å². The number of aromatic nitrogens is 3. The average Bonchev–Trinajstić information content (AvgIpc) is 2.81. The van der Waals surface area contributed by atoms with Crippen LogP contribution < -0.4 is 0 Å². The summed E-state index contributed by atoms with van der Waals surface area (Å²) in [6.45, 7) is 5.76. The largest absolute Gasteiger partial charge is 0.478 e. The fraction of sp³-hybridized carbons (Fsp3) is 0.286. The Hall–Kier alpha value is -2.08. The van der Waals surface area contributed by atoms with Crippen LogP contribution in [0.1, 0.15) is 52.2 Å². The van der Waals surface area contributed by atoms with Gasteiger partial charge in [0, 0.05) is 11.1 Å². The van der Waals surface area contributed by atoms with Gasteiger partial charge in [-0.3, -0.25) is 0 Å². The van der Waals surface area contributed by atoms with Gasteiger partial charge < -0.3 is 5.11 Å². The van der Waals surface area contributed by atoms with Crippen molar-refractivity contribution in [3.05, 3.63) is 39.4 Å². The molecule has 0 bridgehead atoms. The number of carboxylic acid groups (broad SMARTS) is 1. The molecule has 0 aliphatic heterocycles. The first kappa shape index (κ1) is 14.3. The SMILES string of the molecule is Cc1ncsc1/C=C/c1ncc(C(=O)O)c(C(C)C)n1. The van der Waals surface area contributed by atoms with Gasteiger partial charge >= 0.3 is 5.97 Å². The molecule has 20 heavy (non-hydrogen) atoms. The van der Waals surface area contributed by atoms with E-state index in [0.29, 0.717) is 11.5 Å². The summed E-state index contributed by atoms with van der Waals surface area (Å²) >= 11 is 1.54. The first-order valence-electron chi connectivity index (χ1n) is 6.17. The fourth-order valence-electron chi connectivity index (χ4n) is 1.72. The molecule has 0 radical (unpaired) electrons. The molecule has 6 heteroatoms. The Kier molecular flexibility index (Phi) is 4.24. The molecule has 2 aromatic rings. The predicted molar refractivity (Wildman–Crippen MR) is 78.9 cm³/mol. The Morgan fingerprint density at radius 2 is 2.10 bits per heavy atom. The molecule has 0 atom stereocenters. The lowest BCUT2D eigenvalue weighted by Gasteiger charge is -2.08. The highest BCUT2D eigenvalue weighted by Crippen LogP contribution is 2.19. The van der Waals surface area contributed by atoms with Gasteiger partial charge in [-0.1, -0.05) is 13.8 Å². The third kappa shape index (κ3) is 3.08. The molecule has 0 aliphatic rings. The van der Waals surface area contributed by atoms with Crippen LogP contribution in [0.3, 0.4) is 0 Å². The van der Waals surface area contributed by atoms with Crippen molar-refractivity contribution >= 4 is 29.5 Å². The van der Waals surface area contributed by atoms with Crippen molar-refractivity contribution in [3.8, 4) is 0 Å². The topological polar surface area (TPSA) is 76.0 Å². The summed E-state index contributed by atoms with van der Waals surface area (Å²) in [6, 6.07) is 0. The second kappa shape index (κ2) is 5.92. The molecule has 0 fully saturated rings. The highest BCUT2D eigenvalue weighted by Gasteiger charge is 2.15. The minimum absolute atomic E-state index is 0.0291. The zero-order chi connectivity index (χ0) is 14.7. The van der Waals surface area contributed by atoms with Crippen molar-refractivity contribution in [1.82, 2.24) is 15.0 Å². The van der Waals surface area contributed by atoms with Gasteiger partial charge in [-0.25, -0.2) is 19.7 Å². The summed E-state index contributed by atoms with van der Waals surface area (Å²) in [4.78, 5) is 24.7. The molecule has 1 N–H and O–H groups in total. The molecular formula is C14H15N3O2S. The zero-order valence-electron chi connectivity index (χ0n) is 11.5. The molecule has 104 valence electrons. The van der Waals surface area contributed by atoms with E-state index >= 15 is 0 Å². The van der Waals surface area contributed by atoms with E-state index in [1.165, 1.54) is 17.5 Å². The van der Waals surface area contributed by atoms with Crippen molar-refractivity contribution in [2.45, 2.75) is 26.7 Å². The summed E-state index contributed by atoms with van der Waals surface area (Å²) < 4.78 is 0. The van der Waals surface area contributed by atoms with Crippen molar-refractivity contribution in [2.75, 3.05) is 0 Å². The van der Waals surface area contributed by atoms with Crippen molar-refractivity contribution < 1.29 is 9.90 Å². The number of hydrogen-bond acceptors (Lipinski definition) is 5. The molecule has 0 saturated heterocycles. The van der Waals surface area contributed by atoms with Gasteiger partial charge in [-0.15, -0.1) is 11.3 Å². The molecule has 0 aromatic carbocycles. The standard InChI is InChI=1S/C14H15N3O2S/c1-8(2)13-10(14(18)19)6-15-12(17-13)5-4-11-9(3)16-7-20-11/h4-8H,1-3H3,(H,18,19)/b5-4+. The van der Waals surface area contributed by atoms with E-state index in [4.69, 9.17) is 5.11 Å². The lowest BCUT2D eigenvalue weighted by Crippen LogP contribution is -2.08. The highest BCUT2D eigenvalue weighted by molar-refractivity contribution is 7.10. The van der Waals surface area contributed by atoms with Gasteiger partial charge in [0.25, 0.3) is 0 Å². The number of carbonyl (C=O) groups is 1. The number of nitrogens with zero attached hydrogens (tertiary/aromatic N) is 3. The van der Waals surface area contributed by atoms with Crippen LogP contribution in [0.25, 0.3) is 12.2 Å². The van der Waals surface area contributed by atoms with Gasteiger partial charge in [-0.05, 0) is 25.0 Å². The minimum atomic E-state index is -0.998. The maximum absolute atomic E-state index is 11.1. The molecule has 0 saturated carbocycles. The minimum Gasteiger partial charge on any atom is -0.478 e. The Labute approximate surface area is 121 Å². The Morgan fingerprint density at radius 1 is 1.35 bits per heavy atom. The summed E-state index contributed by atoms with van der Waals surface area (Å²) in [6.07, 6.45) is 5.04.